The van der Waals surface area contributed by atoms with Crippen molar-refractivity contribution in [2.45, 2.75) is 44.9 Å². The van der Waals surface area contributed by atoms with E-state index in [4.69, 9.17) is 4.98 Å². The van der Waals surface area contributed by atoms with E-state index in [1.165, 1.54) is 42.5 Å². The number of nitrogens with one attached hydrogen (secondary N) is 1. The molecule has 3 heteroatoms. The first-order chi connectivity index (χ1) is 10.2. The summed E-state index contributed by atoms with van der Waals surface area (Å²) >= 11 is 0. The Morgan fingerprint density at radius 3 is 2.48 bits per heavy atom. The molecule has 1 fully saturated rings. The number of rotatable bonds is 4. The van der Waals surface area contributed by atoms with Crippen LogP contribution in [0.3, 0.4) is 0 Å². The van der Waals surface area contributed by atoms with Gasteiger partial charge in [0.1, 0.15) is 11.6 Å². The van der Waals surface area contributed by atoms with E-state index in [0.717, 1.165) is 18.1 Å². The zero-order valence-corrected chi connectivity index (χ0v) is 12.9. The number of aryl methyl sites for hydroxylation is 1. The van der Waals surface area contributed by atoms with Crippen LogP contribution in [0.15, 0.2) is 30.3 Å². The smallest absolute Gasteiger partial charge is 0.135 e. The van der Waals surface area contributed by atoms with Gasteiger partial charge in [0.15, 0.2) is 0 Å². The molecule has 3 rings (SSSR count). The molecule has 1 heterocycles. The Morgan fingerprint density at radius 1 is 1.10 bits per heavy atom. The van der Waals surface area contributed by atoms with Crippen molar-refractivity contribution in [1.82, 2.24) is 9.97 Å². The van der Waals surface area contributed by atoms with Gasteiger partial charge in [-0.05, 0) is 25.3 Å². The summed E-state index contributed by atoms with van der Waals surface area (Å²) in [5.74, 6) is 2.48. The van der Waals surface area contributed by atoms with E-state index in [1.807, 2.05) is 7.05 Å². The third kappa shape index (κ3) is 3.41. The quantitative estimate of drug-likeness (QED) is 0.917. The largest absolute Gasteiger partial charge is 0.373 e. The Morgan fingerprint density at radius 2 is 1.81 bits per heavy atom. The molecule has 110 valence electrons. The van der Waals surface area contributed by atoms with Crippen molar-refractivity contribution in [3.63, 3.8) is 0 Å². The highest BCUT2D eigenvalue weighted by Gasteiger charge is 2.19. The van der Waals surface area contributed by atoms with Gasteiger partial charge in [-0.15, -0.1) is 0 Å². The van der Waals surface area contributed by atoms with Crippen LogP contribution >= 0.6 is 0 Å². The molecule has 1 N–H and O–H groups in total. The number of hydrogen-bond acceptors (Lipinski definition) is 3. The molecule has 1 saturated carbocycles. The lowest BCUT2D eigenvalue weighted by Crippen LogP contribution is -2.06. The van der Waals surface area contributed by atoms with Crippen molar-refractivity contribution in [3.8, 4) is 0 Å². The van der Waals surface area contributed by atoms with Gasteiger partial charge < -0.3 is 5.32 Å². The standard InChI is InChI=1S/C18H23N3/c1-13-7-9-14(10-8-13)11-18-20-16(12-17(19-2)21-18)15-5-3-4-6-15/h7-10,12,15H,3-6,11H2,1-2H3,(H,19,20,21). The Hall–Kier alpha value is -1.90. The molecule has 0 unspecified atom stereocenters. The third-order valence-corrected chi connectivity index (χ3v) is 4.30. The summed E-state index contributed by atoms with van der Waals surface area (Å²) in [5, 5.41) is 3.18. The molecule has 0 amide bonds. The van der Waals surface area contributed by atoms with Gasteiger partial charge in [-0.1, -0.05) is 42.7 Å². The maximum Gasteiger partial charge on any atom is 0.135 e. The molecule has 0 spiro atoms. The lowest BCUT2D eigenvalue weighted by atomic mass is 10.0. The molecular weight excluding hydrogens is 258 g/mol. The minimum atomic E-state index is 0.622. The Bertz CT molecular complexity index is 598. The molecule has 0 atom stereocenters. The lowest BCUT2D eigenvalue weighted by Gasteiger charge is -2.12. The normalized spacial score (nSPS) is 15.3. The van der Waals surface area contributed by atoms with Gasteiger partial charge in [0.05, 0.1) is 0 Å². The summed E-state index contributed by atoms with van der Waals surface area (Å²) in [7, 11) is 1.93. The maximum absolute atomic E-state index is 4.83. The Labute approximate surface area is 126 Å². The second-order valence-electron chi connectivity index (χ2n) is 5.99. The van der Waals surface area contributed by atoms with Crippen molar-refractivity contribution in [1.29, 1.82) is 0 Å². The first-order valence-corrected chi connectivity index (χ1v) is 7.86. The fraction of sp³-hybridized carbons (Fsp3) is 0.444. The minimum Gasteiger partial charge on any atom is -0.373 e. The lowest BCUT2D eigenvalue weighted by molar-refractivity contribution is 0.686. The average Bonchev–Trinajstić information content (AvgIpc) is 3.04. The zero-order valence-electron chi connectivity index (χ0n) is 12.9. The van der Waals surface area contributed by atoms with Crippen LogP contribution in [0.5, 0.6) is 0 Å². The SMILES string of the molecule is CNc1cc(C2CCCC2)nc(Cc2ccc(C)cc2)n1. The van der Waals surface area contributed by atoms with Gasteiger partial charge in [0.25, 0.3) is 0 Å². The number of anilines is 1. The molecular formula is C18H23N3. The van der Waals surface area contributed by atoms with Crippen molar-refractivity contribution >= 4 is 5.82 Å². The van der Waals surface area contributed by atoms with Crippen molar-refractivity contribution < 1.29 is 0 Å². The fourth-order valence-corrected chi connectivity index (χ4v) is 3.04. The molecule has 0 bridgehead atoms. The van der Waals surface area contributed by atoms with Gasteiger partial charge in [-0.3, -0.25) is 0 Å². The molecule has 0 radical (unpaired) electrons. The predicted molar refractivity (Wildman–Crippen MR) is 86.8 cm³/mol. The van der Waals surface area contributed by atoms with Crippen LogP contribution in [0.25, 0.3) is 0 Å². The molecule has 0 aliphatic heterocycles. The molecule has 21 heavy (non-hydrogen) atoms. The zero-order chi connectivity index (χ0) is 14.7. The Balaban J connectivity index is 1.86. The highest BCUT2D eigenvalue weighted by molar-refractivity contribution is 5.37. The molecule has 1 aromatic carbocycles. The summed E-state index contributed by atoms with van der Waals surface area (Å²) < 4.78 is 0. The highest BCUT2D eigenvalue weighted by atomic mass is 15.0. The van der Waals surface area contributed by atoms with Gasteiger partial charge in [-0.2, -0.15) is 0 Å². The molecule has 1 aliphatic carbocycles. The van der Waals surface area contributed by atoms with Crippen LogP contribution in [-0.4, -0.2) is 17.0 Å². The summed E-state index contributed by atoms with van der Waals surface area (Å²) in [6, 6.07) is 10.7. The van der Waals surface area contributed by atoms with Crippen molar-refractivity contribution in [2.75, 3.05) is 12.4 Å². The van der Waals surface area contributed by atoms with Crippen LogP contribution in [-0.2, 0) is 6.42 Å². The molecule has 1 aromatic heterocycles. The van der Waals surface area contributed by atoms with Gasteiger partial charge in [0, 0.05) is 31.1 Å². The second kappa shape index (κ2) is 6.25. The van der Waals surface area contributed by atoms with Crippen molar-refractivity contribution in [3.05, 3.63) is 53.0 Å². The van der Waals surface area contributed by atoms with E-state index in [9.17, 15) is 0 Å². The first kappa shape index (κ1) is 14.1. The first-order valence-electron chi connectivity index (χ1n) is 7.86. The van der Waals surface area contributed by atoms with Crippen LogP contribution in [0.2, 0.25) is 0 Å². The summed E-state index contributed by atoms with van der Waals surface area (Å²) in [4.78, 5) is 9.45. The van der Waals surface area contributed by atoms with E-state index in [2.05, 4.69) is 47.6 Å². The molecule has 0 saturated heterocycles. The maximum atomic E-state index is 4.83. The summed E-state index contributed by atoms with van der Waals surface area (Å²) in [6.07, 6.45) is 6.00. The number of nitrogens with zero attached hydrogens (tertiary/aromatic N) is 2. The van der Waals surface area contributed by atoms with E-state index in [1.54, 1.807) is 0 Å². The third-order valence-electron chi connectivity index (χ3n) is 4.30. The number of hydrogen-bond donors (Lipinski definition) is 1. The topological polar surface area (TPSA) is 37.8 Å². The summed E-state index contributed by atoms with van der Waals surface area (Å²) in [6.45, 7) is 2.11. The number of aromatic nitrogens is 2. The molecule has 2 aromatic rings. The van der Waals surface area contributed by atoms with E-state index >= 15 is 0 Å². The van der Waals surface area contributed by atoms with Gasteiger partial charge in [-0.25, -0.2) is 9.97 Å². The van der Waals surface area contributed by atoms with Crippen LogP contribution in [0.4, 0.5) is 5.82 Å². The summed E-state index contributed by atoms with van der Waals surface area (Å²) in [5.41, 5.74) is 3.77. The Kier molecular flexibility index (Phi) is 4.18. The van der Waals surface area contributed by atoms with E-state index in [0.29, 0.717) is 5.92 Å². The number of benzene rings is 1. The van der Waals surface area contributed by atoms with Crippen LogP contribution < -0.4 is 5.32 Å². The van der Waals surface area contributed by atoms with Gasteiger partial charge in [0.2, 0.25) is 0 Å². The second-order valence-corrected chi connectivity index (χ2v) is 5.99. The molecule has 3 nitrogen and oxygen atoms in total. The average molecular weight is 281 g/mol. The monoisotopic (exact) mass is 281 g/mol. The van der Waals surface area contributed by atoms with Crippen LogP contribution in [0.1, 0.15) is 54.2 Å². The minimum absolute atomic E-state index is 0.622. The van der Waals surface area contributed by atoms with E-state index in [-0.39, 0.29) is 0 Å². The highest BCUT2D eigenvalue weighted by Crippen LogP contribution is 2.33. The van der Waals surface area contributed by atoms with E-state index < -0.39 is 0 Å². The van der Waals surface area contributed by atoms with Crippen LogP contribution in [0, 0.1) is 6.92 Å². The fourth-order valence-electron chi connectivity index (χ4n) is 3.04. The van der Waals surface area contributed by atoms with Crippen molar-refractivity contribution in [2.24, 2.45) is 0 Å². The molecule has 1 aliphatic rings. The predicted octanol–water partition coefficient (Wildman–Crippen LogP) is 4.08. The van der Waals surface area contributed by atoms with Gasteiger partial charge >= 0.3 is 0 Å².